The van der Waals surface area contributed by atoms with Gasteiger partial charge in [0.2, 0.25) is 0 Å². The quantitative estimate of drug-likeness (QED) is 0.110. The van der Waals surface area contributed by atoms with E-state index in [1.165, 1.54) is 24.0 Å². The Morgan fingerprint density at radius 2 is 1.14 bits per heavy atom. The molecule has 0 fully saturated rings. The molecule has 0 saturated heterocycles. The normalized spacial score (nSPS) is 13.3. The molecule has 0 amide bonds. The molecule has 0 radical (unpaired) electrons. The van der Waals surface area contributed by atoms with Crippen molar-refractivity contribution in [3.8, 4) is 44.8 Å². The number of alkyl halides is 3. The Bertz CT molecular complexity index is 1880. The first-order valence-electron chi connectivity index (χ1n) is 18.2. The Balaban J connectivity index is 1.50. The Morgan fingerprint density at radius 1 is 0.580 bits per heavy atom. The second-order valence-corrected chi connectivity index (χ2v) is 14.0. The van der Waals surface area contributed by atoms with Crippen molar-refractivity contribution in [3.63, 3.8) is 0 Å². The summed E-state index contributed by atoms with van der Waals surface area (Å²) in [6, 6.07) is 31.4. The van der Waals surface area contributed by atoms with Gasteiger partial charge in [-0.2, -0.15) is 13.2 Å². The smallest absolute Gasteiger partial charge is 0.378 e. The summed E-state index contributed by atoms with van der Waals surface area (Å²) < 4.78 is 44.3. The van der Waals surface area contributed by atoms with E-state index in [1.54, 1.807) is 24.3 Å². The minimum absolute atomic E-state index is 0.122. The fraction of sp³-hybridized carbons (Fsp3) is 0.364. The minimum Gasteiger partial charge on any atom is -0.378 e. The van der Waals surface area contributed by atoms with Gasteiger partial charge in [-0.3, -0.25) is 0 Å². The maximum Gasteiger partial charge on any atom is 0.418 e. The van der Waals surface area contributed by atoms with Gasteiger partial charge in [-0.05, 0) is 76.6 Å². The highest BCUT2D eigenvalue weighted by molar-refractivity contribution is 5.86. The highest BCUT2D eigenvalue weighted by atomic mass is 19.4. The van der Waals surface area contributed by atoms with Crippen molar-refractivity contribution in [2.45, 2.75) is 89.6 Å². The summed E-state index contributed by atoms with van der Waals surface area (Å²) in [7, 11) is 4.09. The average Bonchev–Trinajstić information content (AvgIpc) is 3.40. The summed E-state index contributed by atoms with van der Waals surface area (Å²) in [5.41, 5.74) is 8.28. The second kappa shape index (κ2) is 15.2. The highest BCUT2D eigenvalue weighted by Crippen LogP contribution is 2.56. The number of anilines is 1. The number of halogens is 3. The van der Waals surface area contributed by atoms with Gasteiger partial charge in [-0.1, -0.05) is 132 Å². The predicted octanol–water partition coefficient (Wildman–Crippen LogP) is 12.8. The monoisotopic (exact) mass is 675 g/mol. The van der Waals surface area contributed by atoms with Crippen LogP contribution in [0.5, 0.6) is 0 Å². The number of rotatable bonds is 14. The molecule has 5 aromatic rings. The van der Waals surface area contributed by atoms with Crippen LogP contribution in [-0.4, -0.2) is 24.3 Å². The zero-order valence-corrected chi connectivity index (χ0v) is 29.8. The minimum atomic E-state index is -4.59. The third-order valence-electron chi connectivity index (χ3n) is 10.4. The van der Waals surface area contributed by atoms with E-state index in [0.29, 0.717) is 11.1 Å². The van der Waals surface area contributed by atoms with Crippen molar-refractivity contribution >= 4 is 5.69 Å². The van der Waals surface area contributed by atoms with Crippen molar-refractivity contribution in [1.29, 1.82) is 0 Å². The molecule has 50 heavy (non-hydrogen) atoms. The number of unbranched alkanes of at least 4 members (excludes halogenated alkanes) is 6. The molecule has 260 valence electrons. The molecular weight excluding hydrogens is 627 g/mol. The van der Waals surface area contributed by atoms with E-state index in [0.717, 1.165) is 85.4 Å². The van der Waals surface area contributed by atoms with Crippen LogP contribution in [-0.2, 0) is 11.6 Å². The van der Waals surface area contributed by atoms with Crippen LogP contribution in [0.4, 0.5) is 18.9 Å². The van der Waals surface area contributed by atoms with Gasteiger partial charge < -0.3 is 4.90 Å². The number of fused-ring (bicyclic) bond motifs is 3. The average molecular weight is 676 g/mol. The molecule has 6 rings (SSSR count). The van der Waals surface area contributed by atoms with Gasteiger partial charge in [0.1, 0.15) is 5.69 Å². The molecule has 0 bridgehead atoms. The largest absolute Gasteiger partial charge is 0.418 e. The van der Waals surface area contributed by atoms with Crippen molar-refractivity contribution in [1.82, 2.24) is 10.2 Å². The molecule has 1 aliphatic carbocycles. The maximum atomic E-state index is 14.8. The topological polar surface area (TPSA) is 29.0 Å². The molecule has 0 N–H and O–H groups in total. The van der Waals surface area contributed by atoms with Crippen molar-refractivity contribution < 1.29 is 13.2 Å². The van der Waals surface area contributed by atoms with E-state index in [-0.39, 0.29) is 16.8 Å². The van der Waals surface area contributed by atoms with Crippen LogP contribution in [0.15, 0.2) is 97.1 Å². The maximum absolute atomic E-state index is 14.8. The lowest BCUT2D eigenvalue weighted by molar-refractivity contribution is -0.137. The molecule has 3 nitrogen and oxygen atoms in total. The predicted molar refractivity (Wildman–Crippen MR) is 201 cm³/mol. The molecule has 0 aliphatic heterocycles. The number of benzene rings is 4. The SMILES string of the molecule is CCCCCCC1(CCCCCC)c2cc(-c3ccc(N(C)C)cc3)ccc2-c2ccc(-c3nnc(-c4ccccc4)cc3C(F)(F)F)cc21. The highest BCUT2D eigenvalue weighted by Gasteiger charge is 2.43. The zero-order chi connectivity index (χ0) is 35.3. The Kier molecular flexibility index (Phi) is 10.8. The molecule has 4 aromatic carbocycles. The van der Waals surface area contributed by atoms with Crippen LogP contribution < -0.4 is 4.90 Å². The van der Waals surface area contributed by atoms with Gasteiger partial charge >= 0.3 is 6.18 Å². The van der Waals surface area contributed by atoms with Crippen molar-refractivity contribution in [2.24, 2.45) is 0 Å². The Morgan fingerprint density at radius 3 is 1.70 bits per heavy atom. The number of nitrogens with zero attached hydrogens (tertiary/aromatic N) is 3. The first kappa shape index (κ1) is 35.4. The molecule has 0 spiro atoms. The zero-order valence-electron chi connectivity index (χ0n) is 29.8. The van der Waals surface area contributed by atoms with Crippen LogP contribution in [0.25, 0.3) is 44.8 Å². The van der Waals surface area contributed by atoms with E-state index in [9.17, 15) is 13.2 Å². The summed E-state index contributed by atoms with van der Waals surface area (Å²) in [5, 5.41) is 8.60. The first-order chi connectivity index (χ1) is 24.2. The molecule has 1 aromatic heterocycles. The standard InChI is InChI=1S/C44H48F3N3/c1-5-7-9-14-26-43(27-15-10-8-6-2)38-28-33(31-18-22-35(23-19-31)50(3)4)20-24-36(38)37-25-21-34(29-39(37)43)42-40(44(45,46)47)30-41(48-49-42)32-16-12-11-13-17-32/h11-13,16-25,28-30H,5-10,14-15,26-27H2,1-4H3. The van der Waals surface area contributed by atoms with E-state index in [4.69, 9.17) is 0 Å². The Labute approximate surface area is 295 Å². The van der Waals surface area contributed by atoms with Crippen LogP contribution in [0, 0.1) is 0 Å². The van der Waals surface area contributed by atoms with Crippen LogP contribution in [0.3, 0.4) is 0 Å². The van der Waals surface area contributed by atoms with Gasteiger partial charge in [-0.25, -0.2) is 0 Å². The van der Waals surface area contributed by atoms with E-state index in [1.807, 2.05) is 38.4 Å². The lowest BCUT2D eigenvalue weighted by atomic mass is 9.70. The number of hydrogen-bond acceptors (Lipinski definition) is 3. The summed E-state index contributed by atoms with van der Waals surface area (Å²) in [6.45, 7) is 4.45. The molecule has 1 heterocycles. The van der Waals surface area contributed by atoms with E-state index < -0.39 is 11.7 Å². The van der Waals surface area contributed by atoms with Crippen molar-refractivity contribution in [2.75, 3.05) is 19.0 Å². The van der Waals surface area contributed by atoms with E-state index >= 15 is 0 Å². The third kappa shape index (κ3) is 7.21. The summed E-state index contributed by atoms with van der Waals surface area (Å²) in [6.07, 6.45) is 6.33. The van der Waals surface area contributed by atoms with Crippen LogP contribution >= 0.6 is 0 Å². The van der Waals surface area contributed by atoms with Gasteiger partial charge in [-0.15, -0.1) is 10.2 Å². The third-order valence-corrected chi connectivity index (χ3v) is 10.4. The second-order valence-electron chi connectivity index (χ2n) is 14.0. The number of aromatic nitrogens is 2. The molecule has 0 unspecified atom stereocenters. The van der Waals surface area contributed by atoms with Crippen molar-refractivity contribution in [3.05, 3.63) is 114 Å². The molecule has 0 saturated carbocycles. The molecule has 1 aliphatic rings. The lowest BCUT2D eigenvalue weighted by Crippen LogP contribution is -2.26. The van der Waals surface area contributed by atoms with E-state index in [2.05, 4.69) is 71.4 Å². The molecular formula is C44H48F3N3. The fourth-order valence-corrected chi connectivity index (χ4v) is 7.72. The fourth-order valence-electron chi connectivity index (χ4n) is 7.72. The van der Waals surface area contributed by atoms with Crippen LogP contribution in [0.1, 0.15) is 94.7 Å². The Hall–Kier alpha value is -4.45. The molecule has 0 atom stereocenters. The van der Waals surface area contributed by atoms with Crippen LogP contribution in [0.2, 0.25) is 0 Å². The van der Waals surface area contributed by atoms with Gasteiger partial charge in [0.25, 0.3) is 0 Å². The summed E-state index contributed by atoms with van der Waals surface area (Å²) in [4.78, 5) is 2.10. The van der Waals surface area contributed by atoms with Gasteiger partial charge in [0.15, 0.2) is 0 Å². The lowest BCUT2D eigenvalue weighted by Gasteiger charge is -2.33. The first-order valence-corrected chi connectivity index (χ1v) is 18.2. The number of hydrogen-bond donors (Lipinski definition) is 0. The summed E-state index contributed by atoms with van der Waals surface area (Å²) >= 11 is 0. The summed E-state index contributed by atoms with van der Waals surface area (Å²) in [5.74, 6) is 0. The molecule has 6 heteroatoms. The van der Waals surface area contributed by atoms with Gasteiger partial charge in [0.05, 0.1) is 11.3 Å². The van der Waals surface area contributed by atoms with Gasteiger partial charge in [0, 0.05) is 36.3 Å².